The molecule has 0 spiro atoms. The third kappa shape index (κ3) is 5.23. The second kappa shape index (κ2) is 9.06. The first kappa shape index (κ1) is 18.8. The van der Waals surface area contributed by atoms with Gasteiger partial charge in [-0.15, -0.1) is 0 Å². The molecule has 2 rings (SSSR count). The fraction of sp³-hybridized carbons (Fsp3) is 0.556. The molecule has 0 saturated heterocycles. The van der Waals surface area contributed by atoms with E-state index in [4.69, 9.17) is 0 Å². The fourth-order valence-electron chi connectivity index (χ4n) is 2.65. The third-order valence-electron chi connectivity index (χ3n) is 4.19. The SMILES string of the molecule is CCCNC(=O)CN=C(NCC)NCC1(c2ccccc2Br)CC1. The molecular weight excluding hydrogens is 368 g/mol. The van der Waals surface area contributed by atoms with E-state index in [1.807, 2.05) is 19.9 Å². The standard InChI is InChI=1S/C18H27BrN4O/c1-3-11-21-16(24)12-22-17(20-4-2)23-13-18(9-10-18)14-7-5-6-8-15(14)19/h5-8H,3-4,9-13H2,1-2H3,(H,21,24)(H2,20,22,23). The molecule has 1 fully saturated rings. The van der Waals surface area contributed by atoms with Crippen molar-refractivity contribution in [2.24, 2.45) is 4.99 Å². The quantitative estimate of drug-likeness (QED) is 0.468. The summed E-state index contributed by atoms with van der Waals surface area (Å²) in [6, 6.07) is 8.39. The van der Waals surface area contributed by atoms with Gasteiger partial charge in [0, 0.05) is 29.5 Å². The van der Waals surface area contributed by atoms with Crippen LogP contribution in [0.25, 0.3) is 0 Å². The summed E-state index contributed by atoms with van der Waals surface area (Å²) in [5.74, 6) is 0.656. The molecule has 1 saturated carbocycles. The lowest BCUT2D eigenvalue weighted by Gasteiger charge is -2.20. The number of rotatable bonds is 8. The van der Waals surface area contributed by atoms with Crippen molar-refractivity contribution in [3.8, 4) is 0 Å². The first-order chi connectivity index (χ1) is 11.6. The van der Waals surface area contributed by atoms with Gasteiger partial charge in [0.05, 0.1) is 0 Å². The molecule has 132 valence electrons. The van der Waals surface area contributed by atoms with Gasteiger partial charge in [-0.05, 0) is 37.8 Å². The van der Waals surface area contributed by atoms with Crippen LogP contribution < -0.4 is 16.0 Å². The minimum atomic E-state index is -0.0407. The van der Waals surface area contributed by atoms with Gasteiger partial charge in [-0.25, -0.2) is 4.99 Å². The Bertz CT molecular complexity index is 584. The van der Waals surface area contributed by atoms with Crippen LogP contribution in [-0.4, -0.2) is 38.0 Å². The Kier molecular flexibility index (Phi) is 7.09. The van der Waals surface area contributed by atoms with E-state index in [1.54, 1.807) is 0 Å². The first-order valence-corrected chi connectivity index (χ1v) is 9.44. The Balaban J connectivity index is 1.94. The molecule has 0 aliphatic heterocycles. The zero-order valence-electron chi connectivity index (χ0n) is 14.5. The van der Waals surface area contributed by atoms with E-state index in [1.165, 1.54) is 18.4 Å². The lowest BCUT2D eigenvalue weighted by molar-refractivity contribution is -0.119. The molecule has 0 heterocycles. The summed E-state index contributed by atoms with van der Waals surface area (Å²) in [5.41, 5.74) is 1.51. The van der Waals surface area contributed by atoms with Crippen molar-refractivity contribution < 1.29 is 4.79 Å². The van der Waals surface area contributed by atoms with Crippen LogP contribution in [0.4, 0.5) is 0 Å². The maximum Gasteiger partial charge on any atom is 0.241 e. The minimum Gasteiger partial charge on any atom is -0.357 e. The normalized spacial score (nSPS) is 15.7. The van der Waals surface area contributed by atoms with Crippen LogP contribution in [0.15, 0.2) is 33.7 Å². The van der Waals surface area contributed by atoms with Gasteiger partial charge in [0.25, 0.3) is 0 Å². The first-order valence-electron chi connectivity index (χ1n) is 8.65. The summed E-state index contributed by atoms with van der Waals surface area (Å²) in [5, 5.41) is 9.45. The molecule has 0 atom stereocenters. The number of halogens is 1. The Morgan fingerprint density at radius 3 is 2.58 bits per heavy atom. The second-order valence-electron chi connectivity index (χ2n) is 6.16. The number of carbonyl (C=O) groups excluding carboxylic acids is 1. The molecule has 0 aromatic heterocycles. The smallest absolute Gasteiger partial charge is 0.241 e. The lowest BCUT2D eigenvalue weighted by Crippen LogP contribution is -2.42. The predicted octanol–water partition coefficient (Wildman–Crippen LogP) is 2.56. The van der Waals surface area contributed by atoms with E-state index in [-0.39, 0.29) is 17.9 Å². The largest absolute Gasteiger partial charge is 0.357 e. The molecule has 1 aliphatic carbocycles. The van der Waals surface area contributed by atoms with E-state index < -0.39 is 0 Å². The molecule has 24 heavy (non-hydrogen) atoms. The highest BCUT2D eigenvalue weighted by Crippen LogP contribution is 2.49. The average Bonchev–Trinajstić information content (AvgIpc) is 3.37. The number of nitrogens with one attached hydrogen (secondary N) is 3. The van der Waals surface area contributed by atoms with Gasteiger partial charge < -0.3 is 16.0 Å². The Labute approximate surface area is 152 Å². The lowest BCUT2D eigenvalue weighted by atomic mass is 9.96. The molecule has 1 aliphatic rings. The predicted molar refractivity (Wildman–Crippen MR) is 102 cm³/mol. The summed E-state index contributed by atoms with van der Waals surface area (Å²) in [6.45, 7) is 6.49. The number of benzene rings is 1. The number of amides is 1. The van der Waals surface area contributed by atoms with Gasteiger partial charge in [0.1, 0.15) is 6.54 Å². The number of hydrogen-bond donors (Lipinski definition) is 3. The van der Waals surface area contributed by atoms with Crippen LogP contribution in [0, 0.1) is 0 Å². The fourth-order valence-corrected chi connectivity index (χ4v) is 3.35. The van der Waals surface area contributed by atoms with Crippen molar-refractivity contribution in [3.05, 3.63) is 34.3 Å². The third-order valence-corrected chi connectivity index (χ3v) is 4.88. The molecule has 0 radical (unpaired) electrons. The molecule has 6 heteroatoms. The topological polar surface area (TPSA) is 65.5 Å². The van der Waals surface area contributed by atoms with E-state index in [0.29, 0.717) is 12.5 Å². The van der Waals surface area contributed by atoms with Crippen molar-refractivity contribution in [1.29, 1.82) is 0 Å². The van der Waals surface area contributed by atoms with Crippen LogP contribution in [0.1, 0.15) is 38.7 Å². The molecule has 0 unspecified atom stereocenters. The summed E-state index contributed by atoms with van der Waals surface area (Å²) >= 11 is 3.66. The van der Waals surface area contributed by atoms with Crippen molar-refractivity contribution in [1.82, 2.24) is 16.0 Å². The molecule has 3 N–H and O–H groups in total. The molecule has 5 nitrogen and oxygen atoms in total. The average molecular weight is 395 g/mol. The maximum absolute atomic E-state index is 11.7. The van der Waals surface area contributed by atoms with Crippen LogP contribution in [0.5, 0.6) is 0 Å². The van der Waals surface area contributed by atoms with Gasteiger partial charge >= 0.3 is 0 Å². The summed E-state index contributed by atoms with van der Waals surface area (Å²) in [4.78, 5) is 16.1. The van der Waals surface area contributed by atoms with E-state index >= 15 is 0 Å². The monoisotopic (exact) mass is 394 g/mol. The van der Waals surface area contributed by atoms with Crippen LogP contribution in [0.3, 0.4) is 0 Å². The van der Waals surface area contributed by atoms with Crippen molar-refractivity contribution in [3.63, 3.8) is 0 Å². The second-order valence-corrected chi connectivity index (χ2v) is 7.01. The summed E-state index contributed by atoms with van der Waals surface area (Å²) in [6.07, 6.45) is 3.26. The zero-order chi connectivity index (χ0) is 17.4. The molecular formula is C18H27BrN4O. The Morgan fingerprint density at radius 1 is 1.21 bits per heavy atom. The van der Waals surface area contributed by atoms with Crippen LogP contribution in [-0.2, 0) is 10.2 Å². The van der Waals surface area contributed by atoms with Crippen molar-refractivity contribution in [2.75, 3.05) is 26.2 Å². The number of carbonyl (C=O) groups is 1. The van der Waals surface area contributed by atoms with Gasteiger partial charge in [-0.1, -0.05) is 41.1 Å². The Hall–Kier alpha value is -1.56. The van der Waals surface area contributed by atoms with E-state index in [0.717, 1.165) is 24.0 Å². The van der Waals surface area contributed by atoms with Gasteiger partial charge in [-0.2, -0.15) is 0 Å². The summed E-state index contributed by atoms with van der Waals surface area (Å²) in [7, 11) is 0. The molecule has 1 amide bonds. The number of guanidine groups is 1. The highest BCUT2D eigenvalue weighted by Gasteiger charge is 2.45. The molecule has 0 bridgehead atoms. The van der Waals surface area contributed by atoms with Gasteiger partial charge in [0.2, 0.25) is 5.91 Å². The maximum atomic E-state index is 11.7. The van der Waals surface area contributed by atoms with Crippen LogP contribution in [0.2, 0.25) is 0 Å². The van der Waals surface area contributed by atoms with Crippen LogP contribution >= 0.6 is 15.9 Å². The highest BCUT2D eigenvalue weighted by molar-refractivity contribution is 9.10. The number of aliphatic imine (C=N–C) groups is 1. The van der Waals surface area contributed by atoms with Crippen molar-refractivity contribution in [2.45, 2.75) is 38.5 Å². The number of nitrogens with zero attached hydrogens (tertiary/aromatic N) is 1. The molecule has 1 aromatic carbocycles. The summed E-state index contributed by atoms with van der Waals surface area (Å²) < 4.78 is 1.16. The Morgan fingerprint density at radius 2 is 1.96 bits per heavy atom. The van der Waals surface area contributed by atoms with E-state index in [9.17, 15) is 4.79 Å². The number of hydrogen-bond acceptors (Lipinski definition) is 2. The highest BCUT2D eigenvalue weighted by atomic mass is 79.9. The van der Waals surface area contributed by atoms with E-state index in [2.05, 4.69) is 55.1 Å². The van der Waals surface area contributed by atoms with Gasteiger partial charge in [-0.3, -0.25) is 4.79 Å². The zero-order valence-corrected chi connectivity index (χ0v) is 16.1. The minimum absolute atomic E-state index is 0.0407. The van der Waals surface area contributed by atoms with Gasteiger partial charge in [0.15, 0.2) is 5.96 Å². The van der Waals surface area contributed by atoms with Crippen molar-refractivity contribution >= 4 is 27.8 Å². The molecule has 1 aromatic rings.